The predicted molar refractivity (Wildman–Crippen MR) is 240 cm³/mol. The number of rotatable bonds is 4. The van der Waals surface area contributed by atoms with Crippen LogP contribution in [0.3, 0.4) is 0 Å². The van der Waals surface area contributed by atoms with Crippen LogP contribution in [-0.2, 0) is 5.41 Å². The smallest absolute Gasteiger partial charge is 0.145 e. The summed E-state index contributed by atoms with van der Waals surface area (Å²) in [6.07, 6.45) is -0.201. The van der Waals surface area contributed by atoms with Gasteiger partial charge < -0.3 is 10.2 Å². The molecule has 1 spiro atoms. The number of para-hydroxylation sites is 4. The van der Waals surface area contributed by atoms with Gasteiger partial charge in [-0.3, -0.25) is 4.99 Å². The van der Waals surface area contributed by atoms with E-state index in [1.54, 1.807) is 0 Å². The summed E-state index contributed by atoms with van der Waals surface area (Å²) in [5.41, 5.74) is 18.7. The maximum Gasteiger partial charge on any atom is 0.145 e. The first-order chi connectivity index (χ1) is 28.8. The third-order valence-corrected chi connectivity index (χ3v) is 12.5. The first-order valence-electron chi connectivity index (χ1n) is 20.1. The van der Waals surface area contributed by atoms with Gasteiger partial charge in [0.25, 0.3) is 0 Å². The van der Waals surface area contributed by atoms with Crippen LogP contribution in [0.1, 0.15) is 45.1 Å². The Hall–Kier alpha value is -7.49. The van der Waals surface area contributed by atoms with Crippen LogP contribution in [0.2, 0.25) is 0 Å². The Morgan fingerprint density at radius 1 is 0.448 bits per heavy atom. The molecule has 1 unspecified atom stereocenters. The van der Waals surface area contributed by atoms with Crippen LogP contribution in [0, 0.1) is 0 Å². The number of anilines is 4. The van der Waals surface area contributed by atoms with Gasteiger partial charge in [-0.25, -0.2) is 0 Å². The lowest BCUT2D eigenvalue weighted by Crippen LogP contribution is -2.36. The van der Waals surface area contributed by atoms with E-state index in [0.29, 0.717) is 0 Å². The standard InChI is InChI=1S/C55H37N3/c1-3-16-38(17-4-1)53-44-21-9-12-24-49(44)56-54(57-53)39-29-27-36(28-30-39)40-31-33-43-48(35-40)55(47-34-32-37-15-7-8-20-42(37)52(43)47)45-22-10-13-25-50(45)58(41-18-5-2-6-19-41)51-26-14-11-23-46(51)55/h1-35,54,56H. The summed E-state index contributed by atoms with van der Waals surface area (Å²) in [5.74, 6) is 0. The molecule has 9 aromatic carbocycles. The van der Waals surface area contributed by atoms with Crippen LogP contribution < -0.4 is 10.2 Å². The third kappa shape index (κ3) is 4.71. The van der Waals surface area contributed by atoms with E-state index in [0.717, 1.165) is 33.8 Å². The molecule has 0 aromatic heterocycles. The molecule has 3 nitrogen and oxygen atoms in total. The van der Waals surface area contributed by atoms with Crippen molar-refractivity contribution >= 4 is 39.2 Å². The van der Waals surface area contributed by atoms with Gasteiger partial charge in [-0.15, -0.1) is 0 Å². The van der Waals surface area contributed by atoms with E-state index < -0.39 is 5.41 Å². The van der Waals surface area contributed by atoms with E-state index >= 15 is 0 Å². The molecule has 1 aliphatic carbocycles. The normalized spacial score (nSPS) is 15.4. The highest BCUT2D eigenvalue weighted by Crippen LogP contribution is 2.64. The highest BCUT2D eigenvalue weighted by Gasteiger charge is 2.52. The molecule has 1 N–H and O–H groups in total. The minimum absolute atomic E-state index is 0.201. The van der Waals surface area contributed by atoms with E-state index in [9.17, 15) is 0 Å². The average Bonchev–Trinajstić information content (AvgIpc) is 3.60. The molecular weight excluding hydrogens is 703 g/mol. The van der Waals surface area contributed by atoms with E-state index in [1.807, 2.05) is 0 Å². The van der Waals surface area contributed by atoms with Crippen molar-refractivity contribution in [1.82, 2.24) is 0 Å². The minimum Gasteiger partial charge on any atom is -0.360 e. The molecule has 3 aliphatic rings. The second kappa shape index (κ2) is 12.8. The summed E-state index contributed by atoms with van der Waals surface area (Å²) in [5, 5.41) is 6.25. The Morgan fingerprint density at radius 2 is 1.09 bits per heavy atom. The lowest BCUT2D eigenvalue weighted by molar-refractivity contribution is 0.753. The molecule has 9 aromatic rings. The fraction of sp³-hybridized carbons (Fsp3) is 0.0364. The van der Waals surface area contributed by atoms with E-state index in [4.69, 9.17) is 4.99 Å². The van der Waals surface area contributed by atoms with Crippen molar-refractivity contribution in [2.24, 2.45) is 4.99 Å². The zero-order chi connectivity index (χ0) is 38.2. The molecule has 0 bridgehead atoms. The topological polar surface area (TPSA) is 27.6 Å². The van der Waals surface area contributed by atoms with Gasteiger partial charge in [0.15, 0.2) is 0 Å². The Bertz CT molecular complexity index is 3040. The van der Waals surface area contributed by atoms with Crippen molar-refractivity contribution in [3.05, 3.63) is 251 Å². The van der Waals surface area contributed by atoms with E-state index in [1.165, 1.54) is 66.7 Å². The second-order valence-electron chi connectivity index (χ2n) is 15.5. The highest BCUT2D eigenvalue weighted by atomic mass is 15.2. The van der Waals surface area contributed by atoms with Crippen LogP contribution in [-0.4, -0.2) is 5.71 Å². The number of hydrogen-bond donors (Lipinski definition) is 1. The predicted octanol–water partition coefficient (Wildman–Crippen LogP) is 13.6. The summed E-state index contributed by atoms with van der Waals surface area (Å²) in [4.78, 5) is 7.74. The summed E-state index contributed by atoms with van der Waals surface area (Å²) >= 11 is 0. The molecule has 0 amide bonds. The molecule has 1 atom stereocenters. The fourth-order valence-corrected chi connectivity index (χ4v) is 9.99. The molecule has 0 saturated carbocycles. The minimum atomic E-state index is -0.537. The van der Waals surface area contributed by atoms with Crippen molar-refractivity contribution in [2.45, 2.75) is 11.6 Å². The average molecular weight is 740 g/mol. The first-order valence-corrected chi connectivity index (χ1v) is 20.1. The summed E-state index contributed by atoms with van der Waals surface area (Å²) in [7, 11) is 0. The largest absolute Gasteiger partial charge is 0.360 e. The number of nitrogens with zero attached hydrogens (tertiary/aromatic N) is 2. The summed E-state index contributed by atoms with van der Waals surface area (Å²) < 4.78 is 0. The molecule has 12 rings (SSSR count). The number of hydrogen-bond acceptors (Lipinski definition) is 3. The van der Waals surface area contributed by atoms with Gasteiger partial charge in [-0.05, 0) is 97.2 Å². The number of aliphatic imine (C=N–C) groups is 1. The zero-order valence-electron chi connectivity index (χ0n) is 31.7. The number of benzene rings is 9. The van der Waals surface area contributed by atoms with Gasteiger partial charge in [-0.2, -0.15) is 0 Å². The fourth-order valence-electron chi connectivity index (χ4n) is 9.99. The highest BCUT2D eigenvalue weighted by molar-refractivity contribution is 6.17. The Labute approximate surface area is 338 Å². The Kier molecular flexibility index (Phi) is 7.21. The van der Waals surface area contributed by atoms with Gasteiger partial charge in [0.2, 0.25) is 0 Å². The van der Waals surface area contributed by atoms with Gasteiger partial charge in [-0.1, -0.05) is 176 Å². The molecular formula is C55H37N3. The van der Waals surface area contributed by atoms with Gasteiger partial charge in [0.1, 0.15) is 6.17 Å². The molecule has 272 valence electrons. The maximum absolute atomic E-state index is 5.29. The van der Waals surface area contributed by atoms with Crippen LogP contribution in [0.25, 0.3) is 33.0 Å². The maximum atomic E-state index is 5.29. The van der Waals surface area contributed by atoms with Crippen molar-refractivity contribution in [3.63, 3.8) is 0 Å². The third-order valence-electron chi connectivity index (χ3n) is 12.5. The lowest BCUT2D eigenvalue weighted by atomic mass is 9.64. The van der Waals surface area contributed by atoms with Crippen molar-refractivity contribution < 1.29 is 0 Å². The molecule has 0 radical (unpaired) electrons. The molecule has 0 saturated heterocycles. The monoisotopic (exact) mass is 739 g/mol. The summed E-state index contributed by atoms with van der Waals surface area (Å²) in [6, 6.07) is 77.6. The molecule has 2 heterocycles. The van der Waals surface area contributed by atoms with Gasteiger partial charge >= 0.3 is 0 Å². The van der Waals surface area contributed by atoms with E-state index in [-0.39, 0.29) is 6.17 Å². The van der Waals surface area contributed by atoms with Crippen LogP contribution >= 0.6 is 0 Å². The van der Waals surface area contributed by atoms with Crippen LogP contribution in [0.5, 0.6) is 0 Å². The van der Waals surface area contributed by atoms with Crippen molar-refractivity contribution in [3.8, 4) is 22.3 Å². The zero-order valence-corrected chi connectivity index (χ0v) is 31.7. The van der Waals surface area contributed by atoms with Gasteiger partial charge in [0.05, 0.1) is 22.5 Å². The van der Waals surface area contributed by atoms with Crippen molar-refractivity contribution in [2.75, 3.05) is 10.2 Å². The SMILES string of the molecule is c1ccc(C2=NC(c3ccc(-c4ccc5c(c4)C4(c6ccccc6N(c6ccccc6)c6ccccc64)c4ccc6ccccc6c4-5)cc3)Nc3ccccc32)cc1. The Morgan fingerprint density at radius 3 is 1.86 bits per heavy atom. The molecule has 3 heteroatoms. The summed E-state index contributed by atoms with van der Waals surface area (Å²) in [6.45, 7) is 0. The molecule has 0 fully saturated rings. The first kappa shape index (κ1) is 32.7. The number of fused-ring (bicyclic) bond motifs is 12. The van der Waals surface area contributed by atoms with Gasteiger partial charge in [0, 0.05) is 22.5 Å². The number of nitrogens with one attached hydrogen (secondary N) is 1. The molecule has 58 heavy (non-hydrogen) atoms. The quantitative estimate of drug-likeness (QED) is 0.195. The van der Waals surface area contributed by atoms with Crippen molar-refractivity contribution in [1.29, 1.82) is 0 Å². The lowest BCUT2D eigenvalue weighted by Gasteiger charge is -2.45. The van der Waals surface area contributed by atoms with Crippen LogP contribution in [0.15, 0.2) is 217 Å². The van der Waals surface area contributed by atoms with E-state index in [2.05, 4.69) is 223 Å². The second-order valence-corrected chi connectivity index (χ2v) is 15.5. The molecule has 2 aliphatic heterocycles. The van der Waals surface area contributed by atoms with Crippen LogP contribution in [0.4, 0.5) is 22.7 Å². The Balaban J connectivity index is 1.04.